The van der Waals surface area contributed by atoms with Gasteiger partial charge < -0.3 is 24.1 Å². The number of rotatable bonds is 9. The summed E-state index contributed by atoms with van der Waals surface area (Å²) < 4.78 is 21.4. The third-order valence-electron chi connectivity index (χ3n) is 6.06. The van der Waals surface area contributed by atoms with Gasteiger partial charge >= 0.3 is 11.9 Å². The number of cyclic esters (lactones) is 1. The predicted molar refractivity (Wildman–Crippen MR) is 118 cm³/mol. The molecule has 1 fully saturated rings. The monoisotopic (exact) mass is 447 g/mol. The van der Waals surface area contributed by atoms with Gasteiger partial charge in [0.25, 0.3) is 0 Å². The van der Waals surface area contributed by atoms with E-state index in [9.17, 15) is 14.7 Å². The molecule has 0 aromatic heterocycles. The molecule has 1 N–H and O–H groups in total. The Morgan fingerprint density at radius 3 is 2.84 bits per heavy atom. The summed E-state index contributed by atoms with van der Waals surface area (Å²) in [5.74, 6) is -0.617. The van der Waals surface area contributed by atoms with Gasteiger partial charge in [-0.15, -0.1) is 0 Å². The summed E-state index contributed by atoms with van der Waals surface area (Å²) in [5, 5.41) is 10.5. The molecule has 3 rings (SSSR count). The van der Waals surface area contributed by atoms with Crippen molar-refractivity contribution >= 4 is 11.9 Å². The van der Waals surface area contributed by atoms with Crippen LogP contribution in [0.3, 0.4) is 0 Å². The first-order valence-electron chi connectivity index (χ1n) is 11.0. The summed E-state index contributed by atoms with van der Waals surface area (Å²) in [7, 11) is 1.47. The highest BCUT2D eigenvalue weighted by Gasteiger charge is 2.32. The third-order valence-corrected chi connectivity index (χ3v) is 6.06. The van der Waals surface area contributed by atoms with Crippen LogP contribution in [0.4, 0.5) is 0 Å². The molecule has 0 bridgehead atoms. The number of nitrogens with zero attached hydrogens (tertiary/aromatic N) is 1. The number of allylic oxidation sites excluding steroid dienone is 2. The molecule has 0 spiro atoms. The van der Waals surface area contributed by atoms with Gasteiger partial charge in [-0.3, -0.25) is 9.69 Å². The number of esters is 2. The molecule has 0 radical (unpaired) electrons. The molecule has 2 heterocycles. The van der Waals surface area contributed by atoms with Gasteiger partial charge in [0, 0.05) is 37.2 Å². The zero-order valence-corrected chi connectivity index (χ0v) is 19.4. The molecule has 32 heavy (non-hydrogen) atoms. The Morgan fingerprint density at radius 1 is 1.34 bits per heavy atom. The van der Waals surface area contributed by atoms with Gasteiger partial charge in [0.15, 0.2) is 11.5 Å². The van der Waals surface area contributed by atoms with E-state index in [-0.39, 0.29) is 30.0 Å². The van der Waals surface area contributed by atoms with Gasteiger partial charge in [0.05, 0.1) is 19.8 Å². The molecule has 2 aliphatic rings. The van der Waals surface area contributed by atoms with Gasteiger partial charge in [-0.2, -0.15) is 0 Å². The maximum Gasteiger partial charge on any atom is 0.342 e. The SMILES string of the molecule is COc1c(O)c2c(c(C)c1C/C=C(\C)CCC(=O)OCCN1CCO[C@H](C)C1)COC2=O. The van der Waals surface area contributed by atoms with Gasteiger partial charge in [-0.25, -0.2) is 4.79 Å². The Morgan fingerprint density at radius 2 is 2.12 bits per heavy atom. The van der Waals surface area contributed by atoms with Crippen molar-refractivity contribution in [3.8, 4) is 11.5 Å². The van der Waals surface area contributed by atoms with Crippen molar-refractivity contribution in [2.45, 2.75) is 52.7 Å². The van der Waals surface area contributed by atoms with Crippen LogP contribution >= 0.6 is 0 Å². The standard InChI is InChI=1S/C24H33NO7/c1-15(6-8-20(26)31-12-10-25-9-11-30-16(2)13-25)5-7-18-17(3)19-14-32-24(28)21(19)22(27)23(18)29-4/h5,16,27H,6-14H2,1-4H3/b15-5+/t16-/m1/s1. The van der Waals surface area contributed by atoms with E-state index in [1.165, 1.54) is 7.11 Å². The fraction of sp³-hybridized carbons (Fsp3) is 0.583. The Bertz CT molecular complexity index is 893. The molecular formula is C24H33NO7. The second-order valence-electron chi connectivity index (χ2n) is 8.37. The Kier molecular flexibility index (Phi) is 8.15. The van der Waals surface area contributed by atoms with Crippen LogP contribution in [0.25, 0.3) is 0 Å². The summed E-state index contributed by atoms with van der Waals surface area (Å²) in [5.41, 5.74) is 3.62. The number of carbonyl (C=O) groups excluding carboxylic acids is 2. The van der Waals surface area contributed by atoms with Crippen molar-refractivity contribution in [3.05, 3.63) is 33.9 Å². The molecule has 176 valence electrons. The Hall–Kier alpha value is -2.58. The van der Waals surface area contributed by atoms with Crippen molar-refractivity contribution in [1.82, 2.24) is 4.90 Å². The summed E-state index contributed by atoms with van der Waals surface area (Å²) >= 11 is 0. The van der Waals surface area contributed by atoms with Crippen LogP contribution in [0.1, 0.15) is 53.7 Å². The lowest BCUT2D eigenvalue weighted by Gasteiger charge is -2.30. The number of hydrogen-bond donors (Lipinski definition) is 1. The summed E-state index contributed by atoms with van der Waals surface area (Å²) in [6.07, 6.45) is 3.65. The lowest BCUT2D eigenvalue weighted by molar-refractivity contribution is -0.144. The van der Waals surface area contributed by atoms with E-state index in [0.29, 0.717) is 43.8 Å². The topological polar surface area (TPSA) is 94.5 Å². The summed E-state index contributed by atoms with van der Waals surface area (Å²) in [6, 6.07) is 0. The zero-order valence-electron chi connectivity index (χ0n) is 19.4. The quantitative estimate of drug-likeness (QED) is 0.456. The molecule has 0 unspecified atom stereocenters. The fourth-order valence-corrected chi connectivity index (χ4v) is 4.15. The number of carbonyl (C=O) groups is 2. The number of fused-ring (bicyclic) bond motifs is 1. The average Bonchev–Trinajstić information content (AvgIpc) is 3.15. The van der Waals surface area contributed by atoms with E-state index in [2.05, 4.69) is 4.90 Å². The number of benzene rings is 1. The van der Waals surface area contributed by atoms with Crippen LogP contribution in [0, 0.1) is 6.92 Å². The molecular weight excluding hydrogens is 414 g/mol. The molecule has 0 amide bonds. The number of hydrogen-bond acceptors (Lipinski definition) is 8. The third kappa shape index (κ3) is 5.61. The van der Waals surface area contributed by atoms with E-state index in [0.717, 1.165) is 36.3 Å². The normalized spacial score (nSPS) is 18.9. The highest BCUT2D eigenvalue weighted by molar-refractivity contribution is 5.98. The summed E-state index contributed by atoms with van der Waals surface area (Å²) in [4.78, 5) is 26.2. The number of morpholine rings is 1. The zero-order chi connectivity index (χ0) is 23.3. The van der Waals surface area contributed by atoms with E-state index in [1.807, 2.05) is 26.8 Å². The van der Waals surface area contributed by atoms with Gasteiger partial charge in [0.1, 0.15) is 18.8 Å². The molecule has 0 saturated carbocycles. The van der Waals surface area contributed by atoms with Crippen LogP contribution in [-0.4, -0.2) is 68.0 Å². The lowest BCUT2D eigenvalue weighted by atomic mass is 9.93. The second-order valence-corrected chi connectivity index (χ2v) is 8.37. The van der Waals surface area contributed by atoms with Crippen molar-refractivity contribution in [1.29, 1.82) is 0 Å². The van der Waals surface area contributed by atoms with Crippen LogP contribution in [-0.2, 0) is 32.0 Å². The van der Waals surface area contributed by atoms with Crippen molar-refractivity contribution < 1.29 is 33.6 Å². The average molecular weight is 448 g/mol. The smallest absolute Gasteiger partial charge is 0.342 e. The molecule has 8 nitrogen and oxygen atoms in total. The minimum Gasteiger partial charge on any atom is -0.504 e. The number of aromatic hydroxyl groups is 1. The van der Waals surface area contributed by atoms with Crippen molar-refractivity contribution in [2.75, 3.05) is 40.0 Å². The minimum absolute atomic E-state index is 0.155. The number of phenolic OH excluding ortho intramolecular Hbond substituents is 1. The fourth-order valence-electron chi connectivity index (χ4n) is 4.15. The van der Waals surface area contributed by atoms with Crippen LogP contribution in [0.2, 0.25) is 0 Å². The van der Waals surface area contributed by atoms with Crippen LogP contribution in [0.5, 0.6) is 11.5 Å². The highest BCUT2D eigenvalue weighted by atomic mass is 16.5. The number of ether oxygens (including phenoxy) is 4. The van der Waals surface area contributed by atoms with Crippen molar-refractivity contribution in [2.24, 2.45) is 0 Å². The molecule has 0 aliphatic carbocycles. The first kappa shape index (κ1) is 24.1. The second kappa shape index (κ2) is 10.8. The summed E-state index contributed by atoms with van der Waals surface area (Å²) in [6.45, 7) is 9.62. The van der Waals surface area contributed by atoms with E-state index < -0.39 is 5.97 Å². The first-order chi connectivity index (χ1) is 15.3. The molecule has 2 aliphatic heterocycles. The predicted octanol–water partition coefficient (Wildman–Crippen LogP) is 2.91. The Labute approximate surface area is 189 Å². The molecule has 1 aromatic rings. The lowest BCUT2D eigenvalue weighted by Crippen LogP contribution is -2.42. The molecule has 8 heteroatoms. The minimum atomic E-state index is -0.529. The maximum absolute atomic E-state index is 12.1. The molecule has 1 aromatic carbocycles. The number of methoxy groups -OCH3 is 1. The first-order valence-corrected chi connectivity index (χ1v) is 11.0. The van der Waals surface area contributed by atoms with E-state index >= 15 is 0 Å². The van der Waals surface area contributed by atoms with E-state index in [1.54, 1.807) is 0 Å². The van der Waals surface area contributed by atoms with E-state index in [4.69, 9.17) is 18.9 Å². The molecule has 1 atom stereocenters. The van der Waals surface area contributed by atoms with Gasteiger partial charge in [-0.05, 0) is 39.2 Å². The highest BCUT2D eigenvalue weighted by Crippen LogP contribution is 2.42. The van der Waals surface area contributed by atoms with Crippen LogP contribution in [0.15, 0.2) is 11.6 Å². The van der Waals surface area contributed by atoms with Crippen molar-refractivity contribution in [3.63, 3.8) is 0 Å². The van der Waals surface area contributed by atoms with Crippen LogP contribution < -0.4 is 4.74 Å². The molecule has 1 saturated heterocycles. The Balaban J connectivity index is 1.51. The van der Waals surface area contributed by atoms with Gasteiger partial charge in [-0.1, -0.05) is 11.6 Å². The maximum atomic E-state index is 12.1. The van der Waals surface area contributed by atoms with Gasteiger partial charge in [0.2, 0.25) is 0 Å². The number of phenols is 1. The largest absolute Gasteiger partial charge is 0.504 e.